The van der Waals surface area contributed by atoms with Gasteiger partial charge < -0.3 is 4.74 Å². The van der Waals surface area contributed by atoms with Gasteiger partial charge in [-0.3, -0.25) is 5.32 Å². The fourth-order valence-corrected chi connectivity index (χ4v) is 2.21. The quantitative estimate of drug-likeness (QED) is 0.825. The Balaban J connectivity index is 2.10. The van der Waals surface area contributed by atoms with Gasteiger partial charge >= 0.3 is 5.97 Å². The van der Waals surface area contributed by atoms with Crippen molar-refractivity contribution in [1.82, 2.24) is 5.32 Å². The second-order valence-electron chi connectivity index (χ2n) is 5.70. The maximum absolute atomic E-state index is 12.3. The lowest BCUT2D eigenvalue weighted by Crippen LogP contribution is -2.31. The van der Waals surface area contributed by atoms with E-state index in [0.717, 1.165) is 11.1 Å². The van der Waals surface area contributed by atoms with Gasteiger partial charge in [-0.2, -0.15) is 0 Å². The summed E-state index contributed by atoms with van der Waals surface area (Å²) in [5, 5.41) is 3.30. The third-order valence-electron chi connectivity index (χ3n) is 3.35. The first-order valence-corrected chi connectivity index (χ1v) is 7.60. The van der Waals surface area contributed by atoms with E-state index in [9.17, 15) is 4.79 Å². The monoisotopic (exact) mass is 297 g/mol. The van der Waals surface area contributed by atoms with E-state index < -0.39 is 6.04 Å². The summed E-state index contributed by atoms with van der Waals surface area (Å²) in [5.74, 6) is -0.242. The maximum Gasteiger partial charge on any atom is 0.328 e. The minimum absolute atomic E-state index is 0.125. The molecule has 3 nitrogen and oxygen atoms in total. The zero-order chi connectivity index (χ0) is 15.9. The minimum Gasteiger partial charge on any atom is -0.462 e. The van der Waals surface area contributed by atoms with Crippen LogP contribution in [0.15, 0.2) is 54.6 Å². The topological polar surface area (TPSA) is 38.3 Å². The molecule has 0 saturated heterocycles. The van der Waals surface area contributed by atoms with Crippen molar-refractivity contribution in [2.45, 2.75) is 39.5 Å². The molecule has 1 unspecified atom stereocenters. The average Bonchev–Trinajstić information content (AvgIpc) is 2.50. The molecule has 2 aromatic carbocycles. The van der Waals surface area contributed by atoms with Crippen LogP contribution < -0.4 is 5.32 Å². The predicted octanol–water partition coefficient (Wildman–Crippen LogP) is 3.78. The number of nitrogens with one attached hydrogen (secondary N) is 1. The number of carbonyl (C=O) groups excluding carboxylic acids is 1. The molecule has 0 radical (unpaired) electrons. The second-order valence-corrected chi connectivity index (χ2v) is 5.70. The van der Waals surface area contributed by atoms with Gasteiger partial charge in [0, 0.05) is 6.54 Å². The van der Waals surface area contributed by atoms with Gasteiger partial charge in [-0.05, 0) is 31.9 Å². The highest BCUT2D eigenvalue weighted by atomic mass is 16.5. The van der Waals surface area contributed by atoms with Crippen LogP contribution in [0.4, 0.5) is 0 Å². The Morgan fingerprint density at radius 3 is 2.27 bits per heavy atom. The molecule has 2 aromatic rings. The maximum atomic E-state index is 12.3. The van der Waals surface area contributed by atoms with Crippen LogP contribution in [-0.4, -0.2) is 12.1 Å². The zero-order valence-corrected chi connectivity index (χ0v) is 13.4. The van der Waals surface area contributed by atoms with Crippen molar-refractivity contribution in [3.8, 4) is 0 Å². The third-order valence-corrected chi connectivity index (χ3v) is 3.35. The van der Waals surface area contributed by atoms with Gasteiger partial charge in [0.1, 0.15) is 6.04 Å². The van der Waals surface area contributed by atoms with E-state index in [1.165, 1.54) is 5.56 Å². The largest absolute Gasteiger partial charge is 0.462 e. The van der Waals surface area contributed by atoms with Crippen molar-refractivity contribution in [2.75, 3.05) is 0 Å². The molecule has 0 heterocycles. The Hall–Kier alpha value is -2.13. The molecular formula is C19H23NO2. The molecule has 0 amide bonds. The molecular weight excluding hydrogens is 274 g/mol. The molecule has 0 spiro atoms. The van der Waals surface area contributed by atoms with Gasteiger partial charge in [-0.25, -0.2) is 4.79 Å². The van der Waals surface area contributed by atoms with Gasteiger partial charge in [0.25, 0.3) is 0 Å². The number of ether oxygens (including phenoxy) is 1. The molecule has 0 bridgehead atoms. The van der Waals surface area contributed by atoms with E-state index in [2.05, 4.69) is 36.5 Å². The highest BCUT2D eigenvalue weighted by Crippen LogP contribution is 2.16. The summed E-state index contributed by atoms with van der Waals surface area (Å²) in [5.41, 5.74) is 3.28. The van der Waals surface area contributed by atoms with Crippen LogP contribution in [0.3, 0.4) is 0 Å². The highest BCUT2D eigenvalue weighted by molar-refractivity contribution is 5.77. The molecule has 2 rings (SSSR count). The molecule has 22 heavy (non-hydrogen) atoms. The molecule has 0 aromatic heterocycles. The summed E-state index contributed by atoms with van der Waals surface area (Å²) in [7, 11) is 0. The second kappa shape index (κ2) is 7.76. The minimum atomic E-state index is -0.454. The van der Waals surface area contributed by atoms with Crippen LogP contribution in [-0.2, 0) is 16.1 Å². The fraction of sp³-hybridized carbons (Fsp3) is 0.316. The Morgan fingerprint density at radius 2 is 1.68 bits per heavy atom. The molecule has 116 valence electrons. The molecule has 0 aliphatic rings. The van der Waals surface area contributed by atoms with Gasteiger partial charge in [-0.1, -0.05) is 60.2 Å². The van der Waals surface area contributed by atoms with Crippen LogP contribution in [0, 0.1) is 6.92 Å². The third kappa shape index (κ3) is 4.71. The van der Waals surface area contributed by atoms with Crippen molar-refractivity contribution in [3.05, 3.63) is 71.3 Å². The van der Waals surface area contributed by atoms with Gasteiger partial charge in [0.05, 0.1) is 6.10 Å². The van der Waals surface area contributed by atoms with Crippen molar-refractivity contribution in [1.29, 1.82) is 0 Å². The van der Waals surface area contributed by atoms with Crippen molar-refractivity contribution in [3.63, 3.8) is 0 Å². The normalized spacial score (nSPS) is 12.2. The smallest absolute Gasteiger partial charge is 0.328 e. The van der Waals surface area contributed by atoms with Gasteiger partial charge in [0.15, 0.2) is 0 Å². The fourth-order valence-electron chi connectivity index (χ4n) is 2.21. The first-order valence-electron chi connectivity index (χ1n) is 7.60. The molecule has 0 aliphatic heterocycles. The molecule has 0 aliphatic carbocycles. The SMILES string of the molecule is Cc1ccc(CNC(C(=O)OC(C)C)c2ccccc2)cc1. The van der Waals surface area contributed by atoms with Crippen LogP contribution in [0.1, 0.15) is 36.6 Å². The number of hydrogen-bond acceptors (Lipinski definition) is 3. The molecule has 0 saturated carbocycles. The van der Waals surface area contributed by atoms with Crippen LogP contribution in [0.5, 0.6) is 0 Å². The molecule has 0 fully saturated rings. The lowest BCUT2D eigenvalue weighted by molar-refractivity contribution is -0.150. The van der Waals surface area contributed by atoms with Crippen molar-refractivity contribution in [2.24, 2.45) is 0 Å². The zero-order valence-electron chi connectivity index (χ0n) is 13.4. The lowest BCUT2D eigenvalue weighted by atomic mass is 10.1. The Kier molecular flexibility index (Phi) is 5.73. The Morgan fingerprint density at radius 1 is 1.05 bits per heavy atom. The van der Waals surface area contributed by atoms with Gasteiger partial charge in [0.2, 0.25) is 0 Å². The van der Waals surface area contributed by atoms with Crippen molar-refractivity contribution < 1.29 is 9.53 Å². The number of hydrogen-bond donors (Lipinski definition) is 1. The Labute approximate surface area is 132 Å². The van der Waals surface area contributed by atoms with Crippen molar-refractivity contribution >= 4 is 5.97 Å². The van der Waals surface area contributed by atoms with E-state index in [-0.39, 0.29) is 12.1 Å². The number of carbonyl (C=O) groups is 1. The summed E-state index contributed by atoms with van der Waals surface area (Å²) in [6, 6.07) is 17.5. The number of rotatable bonds is 6. The standard InChI is InChI=1S/C19H23NO2/c1-14(2)22-19(21)18(17-7-5-4-6-8-17)20-13-16-11-9-15(3)10-12-16/h4-12,14,18,20H,13H2,1-3H3. The summed E-state index contributed by atoms with van der Waals surface area (Å²) in [6.45, 7) is 6.40. The summed E-state index contributed by atoms with van der Waals surface area (Å²) in [6.07, 6.45) is -0.125. The van der Waals surface area contributed by atoms with E-state index >= 15 is 0 Å². The van der Waals surface area contributed by atoms with Crippen LogP contribution in [0.2, 0.25) is 0 Å². The van der Waals surface area contributed by atoms with E-state index in [1.807, 2.05) is 44.2 Å². The summed E-state index contributed by atoms with van der Waals surface area (Å²) >= 11 is 0. The number of esters is 1. The summed E-state index contributed by atoms with van der Waals surface area (Å²) in [4.78, 5) is 12.3. The first kappa shape index (κ1) is 16.2. The van der Waals surface area contributed by atoms with E-state index in [1.54, 1.807) is 0 Å². The Bertz CT molecular complexity index is 591. The lowest BCUT2D eigenvalue weighted by Gasteiger charge is -2.19. The first-order chi connectivity index (χ1) is 10.6. The van der Waals surface area contributed by atoms with Crippen LogP contribution in [0.25, 0.3) is 0 Å². The van der Waals surface area contributed by atoms with E-state index in [0.29, 0.717) is 6.54 Å². The van der Waals surface area contributed by atoms with Crippen LogP contribution >= 0.6 is 0 Å². The molecule has 1 N–H and O–H groups in total. The summed E-state index contributed by atoms with van der Waals surface area (Å²) < 4.78 is 5.37. The number of benzene rings is 2. The molecule has 3 heteroatoms. The predicted molar refractivity (Wildman–Crippen MR) is 88.4 cm³/mol. The average molecular weight is 297 g/mol. The highest BCUT2D eigenvalue weighted by Gasteiger charge is 2.22. The molecule has 1 atom stereocenters. The van der Waals surface area contributed by atoms with Gasteiger partial charge in [-0.15, -0.1) is 0 Å². The number of aryl methyl sites for hydroxylation is 1. The van der Waals surface area contributed by atoms with E-state index in [4.69, 9.17) is 4.74 Å².